The lowest BCUT2D eigenvalue weighted by molar-refractivity contribution is -0.123. The van der Waals surface area contributed by atoms with E-state index in [1.54, 1.807) is 4.90 Å². The van der Waals surface area contributed by atoms with Gasteiger partial charge in [-0.15, -0.1) is 0 Å². The highest BCUT2D eigenvalue weighted by atomic mass is 32.2. The van der Waals surface area contributed by atoms with Gasteiger partial charge in [0.25, 0.3) is 0 Å². The molecule has 1 amide bonds. The molecule has 0 bridgehead atoms. The van der Waals surface area contributed by atoms with Crippen molar-refractivity contribution < 1.29 is 22.0 Å². The average Bonchev–Trinajstić information content (AvgIpc) is 2.77. The van der Waals surface area contributed by atoms with Crippen LogP contribution in [0.4, 0.5) is 14.5 Å². The normalized spacial score (nSPS) is 19.1. The largest absolute Gasteiger partial charge is 0.311 e. The Labute approximate surface area is 181 Å². The van der Waals surface area contributed by atoms with Crippen LogP contribution >= 0.6 is 0 Å². The van der Waals surface area contributed by atoms with E-state index in [2.05, 4.69) is 0 Å². The average molecular weight is 450 g/mol. The van der Waals surface area contributed by atoms with Gasteiger partial charge in [0.05, 0.1) is 6.04 Å². The van der Waals surface area contributed by atoms with Gasteiger partial charge in [-0.1, -0.05) is 24.3 Å². The van der Waals surface area contributed by atoms with Crippen molar-refractivity contribution >= 4 is 21.6 Å². The van der Waals surface area contributed by atoms with E-state index in [-0.39, 0.29) is 19.0 Å². The van der Waals surface area contributed by atoms with E-state index in [1.165, 1.54) is 0 Å². The third kappa shape index (κ3) is 4.09. The fourth-order valence-electron chi connectivity index (χ4n) is 4.33. The van der Waals surface area contributed by atoms with Crippen LogP contribution in [0.25, 0.3) is 0 Å². The number of carbonyl (C=O) groups is 1. The van der Waals surface area contributed by atoms with Gasteiger partial charge < -0.3 is 4.90 Å². The zero-order valence-electron chi connectivity index (χ0n) is 17.3. The summed E-state index contributed by atoms with van der Waals surface area (Å²) in [5.74, 6) is -2.23. The van der Waals surface area contributed by atoms with Gasteiger partial charge in [-0.3, -0.25) is 9.69 Å². The molecular formula is C22H25F2N3O3S. The first-order valence-corrected chi connectivity index (χ1v) is 11.8. The molecular weight excluding hydrogens is 424 g/mol. The number of nitrogens with zero attached hydrogens (tertiary/aromatic N) is 3. The predicted octanol–water partition coefficient (Wildman–Crippen LogP) is 2.64. The van der Waals surface area contributed by atoms with Crippen molar-refractivity contribution in [3.8, 4) is 0 Å². The molecule has 0 aliphatic carbocycles. The number of hydrogen-bond acceptors (Lipinski definition) is 4. The van der Waals surface area contributed by atoms with E-state index in [4.69, 9.17) is 0 Å². The Balaban J connectivity index is 1.45. The molecule has 166 valence electrons. The van der Waals surface area contributed by atoms with E-state index in [9.17, 15) is 22.0 Å². The van der Waals surface area contributed by atoms with Crippen molar-refractivity contribution in [1.29, 1.82) is 0 Å². The molecule has 2 heterocycles. The minimum Gasteiger partial charge on any atom is -0.311 e. The molecule has 0 radical (unpaired) electrons. The van der Waals surface area contributed by atoms with E-state index < -0.39 is 32.6 Å². The number of para-hydroxylation sites is 1. The van der Waals surface area contributed by atoms with E-state index >= 15 is 0 Å². The number of aryl methyl sites for hydroxylation is 1. The number of piperazine rings is 1. The molecule has 0 aromatic heterocycles. The summed E-state index contributed by atoms with van der Waals surface area (Å²) in [4.78, 5) is 16.0. The Bertz CT molecular complexity index is 1060. The second kappa shape index (κ2) is 8.64. The maximum absolute atomic E-state index is 14.0. The molecule has 31 heavy (non-hydrogen) atoms. The number of halogens is 2. The highest BCUT2D eigenvalue weighted by Crippen LogP contribution is 2.28. The number of anilines is 1. The molecule has 1 saturated heterocycles. The van der Waals surface area contributed by atoms with Gasteiger partial charge in [0.15, 0.2) is 4.90 Å². The summed E-state index contributed by atoms with van der Waals surface area (Å²) in [7, 11) is -4.29. The van der Waals surface area contributed by atoms with Crippen LogP contribution in [0.15, 0.2) is 47.4 Å². The Hall–Kier alpha value is -2.36. The lowest BCUT2D eigenvalue weighted by Gasteiger charge is -2.39. The number of amides is 1. The Morgan fingerprint density at radius 1 is 0.935 bits per heavy atom. The van der Waals surface area contributed by atoms with Crippen molar-refractivity contribution in [2.45, 2.75) is 30.7 Å². The number of rotatable bonds is 4. The molecule has 1 atom stereocenters. The molecule has 2 aliphatic heterocycles. The SMILES string of the molecule is CC(C(=O)N1CCCc2ccccc21)N1CCN(S(=O)(=O)c2c(F)cccc2F)CC1. The zero-order valence-corrected chi connectivity index (χ0v) is 18.1. The highest BCUT2D eigenvalue weighted by Gasteiger charge is 2.36. The molecule has 0 saturated carbocycles. The summed E-state index contributed by atoms with van der Waals surface area (Å²) in [5.41, 5.74) is 2.08. The van der Waals surface area contributed by atoms with E-state index in [1.807, 2.05) is 36.1 Å². The molecule has 4 rings (SSSR count). The van der Waals surface area contributed by atoms with Crippen LogP contribution in [-0.4, -0.2) is 62.3 Å². The second-order valence-electron chi connectivity index (χ2n) is 7.89. The fraction of sp³-hybridized carbons (Fsp3) is 0.409. The third-order valence-electron chi connectivity index (χ3n) is 6.07. The van der Waals surface area contributed by atoms with Gasteiger partial charge >= 0.3 is 0 Å². The minimum absolute atomic E-state index is 0.0244. The monoisotopic (exact) mass is 449 g/mol. The van der Waals surface area contributed by atoms with Crippen LogP contribution in [0.2, 0.25) is 0 Å². The van der Waals surface area contributed by atoms with Crippen molar-refractivity contribution in [1.82, 2.24) is 9.21 Å². The molecule has 0 N–H and O–H groups in total. The molecule has 2 aliphatic rings. The molecule has 2 aromatic carbocycles. The molecule has 6 nitrogen and oxygen atoms in total. The zero-order chi connectivity index (χ0) is 22.2. The molecule has 9 heteroatoms. The van der Waals surface area contributed by atoms with Crippen molar-refractivity contribution in [3.63, 3.8) is 0 Å². The van der Waals surface area contributed by atoms with Crippen LogP contribution in [0.1, 0.15) is 18.9 Å². The first kappa shape index (κ1) is 21.9. The summed E-state index contributed by atoms with van der Waals surface area (Å²) in [6.45, 7) is 3.20. The molecule has 2 aromatic rings. The summed E-state index contributed by atoms with van der Waals surface area (Å²) >= 11 is 0. The lowest BCUT2D eigenvalue weighted by atomic mass is 10.0. The van der Waals surface area contributed by atoms with Crippen LogP contribution in [0.5, 0.6) is 0 Å². The number of sulfonamides is 1. The Kier molecular flexibility index (Phi) is 6.09. The highest BCUT2D eigenvalue weighted by molar-refractivity contribution is 7.89. The van der Waals surface area contributed by atoms with Gasteiger partial charge in [0.2, 0.25) is 15.9 Å². The topological polar surface area (TPSA) is 60.9 Å². The second-order valence-corrected chi connectivity index (χ2v) is 9.76. The van der Waals surface area contributed by atoms with Crippen LogP contribution in [0, 0.1) is 11.6 Å². The van der Waals surface area contributed by atoms with Gasteiger partial charge in [0.1, 0.15) is 11.6 Å². The predicted molar refractivity (Wildman–Crippen MR) is 113 cm³/mol. The number of carbonyl (C=O) groups excluding carboxylic acids is 1. The first-order valence-electron chi connectivity index (χ1n) is 10.4. The maximum Gasteiger partial charge on any atom is 0.249 e. The summed E-state index contributed by atoms with van der Waals surface area (Å²) in [6, 6.07) is 10.4. The number of fused-ring (bicyclic) bond motifs is 1. The van der Waals surface area contributed by atoms with Gasteiger partial charge in [0, 0.05) is 38.4 Å². The van der Waals surface area contributed by atoms with Crippen molar-refractivity contribution in [3.05, 3.63) is 59.7 Å². The fourth-order valence-corrected chi connectivity index (χ4v) is 5.86. The van der Waals surface area contributed by atoms with Crippen molar-refractivity contribution in [2.75, 3.05) is 37.6 Å². The van der Waals surface area contributed by atoms with E-state index in [0.29, 0.717) is 19.6 Å². The van der Waals surface area contributed by atoms with Crippen LogP contribution in [-0.2, 0) is 21.2 Å². The van der Waals surface area contributed by atoms with Gasteiger partial charge in [-0.2, -0.15) is 4.31 Å². The number of benzene rings is 2. The molecule has 1 unspecified atom stereocenters. The Morgan fingerprint density at radius 3 is 2.26 bits per heavy atom. The summed E-state index contributed by atoms with van der Waals surface area (Å²) < 4.78 is 54.7. The van der Waals surface area contributed by atoms with Crippen LogP contribution < -0.4 is 4.90 Å². The van der Waals surface area contributed by atoms with Gasteiger partial charge in [-0.25, -0.2) is 17.2 Å². The van der Waals surface area contributed by atoms with Crippen LogP contribution in [0.3, 0.4) is 0 Å². The van der Waals surface area contributed by atoms with E-state index in [0.717, 1.165) is 46.6 Å². The molecule has 1 fully saturated rings. The first-order chi connectivity index (χ1) is 14.8. The number of hydrogen-bond donors (Lipinski definition) is 0. The maximum atomic E-state index is 14.0. The summed E-state index contributed by atoms with van der Waals surface area (Å²) in [6.07, 6.45) is 1.84. The van der Waals surface area contributed by atoms with Crippen molar-refractivity contribution in [2.24, 2.45) is 0 Å². The lowest BCUT2D eigenvalue weighted by Crippen LogP contribution is -2.56. The quantitative estimate of drug-likeness (QED) is 0.720. The minimum atomic E-state index is -4.29. The standard InChI is InChI=1S/C22H25F2N3O3S/c1-16(22(28)27-11-5-7-17-6-2-3-10-20(17)27)25-12-14-26(15-13-25)31(29,30)21-18(23)8-4-9-19(21)24/h2-4,6,8-10,16H,5,7,11-15H2,1H3. The smallest absolute Gasteiger partial charge is 0.249 e. The summed E-state index contributed by atoms with van der Waals surface area (Å²) in [5, 5.41) is 0. The Morgan fingerprint density at radius 2 is 1.58 bits per heavy atom. The molecule has 0 spiro atoms. The van der Waals surface area contributed by atoms with Gasteiger partial charge in [-0.05, 0) is 43.5 Å². The third-order valence-corrected chi connectivity index (χ3v) is 8.02.